The summed E-state index contributed by atoms with van der Waals surface area (Å²) in [5, 5.41) is 0.593. The molecule has 2 heterocycles. The van der Waals surface area contributed by atoms with Gasteiger partial charge in [-0.2, -0.15) is 0 Å². The second-order valence-corrected chi connectivity index (χ2v) is 10.6. The van der Waals surface area contributed by atoms with Crippen molar-refractivity contribution in [1.29, 1.82) is 0 Å². The lowest BCUT2D eigenvalue weighted by atomic mass is 9.95. The predicted molar refractivity (Wildman–Crippen MR) is 145 cm³/mol. The highest BCUT2D eigenvalue weighted by atomic mass is 35.5. The number of allylic oxidation sites excluding steroid dienone is 1. The van der Waals surface area contributed by atoms with Crippen molar-refractivity contribution in [3.05, 3.63) is 89.6 Å². The van der Waals surface area contributed by atoms with Crippen LogP contribution in [0.5, 0.6) is 11.5 Å². The highest BCUT2D eigenvalue weighted by molar-refractivity contribution is 7.07. The number of carbonyl (C=O) groups excluding carboxylic acids is 2. The van der Waals surface area contributed by atoms with E-state index in [0.29, 0.717) is 25.6 Å². The fourth-order valence-electron chi connectivity index (χ4n) is 4.02. The number of benzene rings is 2. The summed E-state index contributed by atoms with van der Waals surface area (Å²) in [6.07, 6.45) is 1.76. The number of ether oxygens (including phenoxy) is 3. The summed E-state index contributed by atoms with van der Waals surface area (Å²) in [6.45, 7) is 7.12. The van der Waals surface area contributed by atoms with E-state index in [2.05, 4.69) is 4.99 Å². The molecule has 2 aromatic carbocycles. The number of halogens is 1. The molecule has 3 aromatic rings. The molecule has 1 unspecified atom stereocenters. The molecule has 0 N–H and O–H groups in total. The standard InChI is InChI=1S/C28H27ClN2O6S/c1-15(2)14-36-27(34)24-16(3)30-28-31(26(33)23(38-28)12-18-6-9-20(29)10-7-18)25(24)19-8-11-21(37-17(4)32)22(13-19)35-5/h6-13,15,25H,14H2,1-5H3/b23-12+. The highest BCUT2D eigenvalue weighted by Gasteiger charge is 2.34. The quantitative estimate of drug-likeness (QED) is 0.323. The molecule has 10 heteroatoms. The van der Waals surface area contributed by atoms with Gasteiger partial charge in [0.15, 0.2) is 16.3 Å². The van der Waals surface area contributed by atoms with Crippen LogP contribution < -0.4 is 24.4 Å². The molecule has 1 aliphatic rings. The van der Waals surface area contributed by atoms with Gasteiger partial charge < -0.3 is 14.2 Å². The van der Waals surface area contributed by atoms with Gasteiger partial charge >= 0.3 is 11.9 Å². The average Bonchev–Trinajstić information content (AvgIpc) is 3.17. The molecule has 0 fully saturated rings. The predicted octanol–water partition coefficient (Wildman–Crippen LogP) is 4.02. The lowest BCUT2D eigenvalue weighted by molar-refractivity contribution is -0.140. The maximum absolute atomic E-state index is 13.8. The first-order valence-corrected chi connectivity index (χ1v) is 13.1. The van der Waals surface area contributed by atoms with E-state index in [-0.39, 0.29) is 35.2 Å². The maximum Gasteiger partial charge on any atom is 0.338 e. The third-order valence-electron chi connectivity index (χ3n) is 5.71. The van der Waals surface area contributed by atoms with Gasteiger partial charge in [0.1, 0.15) is 0 Å². The lowest BCUT2D eigenvalue weighted by Gasteiger charge is -2.25. The van der Waals surface area contributed by atoms with E-state index >= 15 is 0 Å². The molecule has 4 rings (SSSR count). The van der Waals surface area contributed by atoms with Crippen molar-refractivity contribution in [2.45, 2.75) is 33.7 Å². The third-order valence-corrected chi connectivity index (χ3v) is 6.95. The molecule has 0 bridgehead atoms. The molecule has 1 aliphatic heterocycles. The molecule has 0 spiro atoms. The first-order valence-electron chi connectivity index (χ1n) is 11.9. The number of methoxy groups -OCH3 is 1. The summed E-state index contributed by atoms with van der Waals surface area (Å²) in [4.78, 5) is 43.7. The molecule has 0 amide bonds. The van der Waals surface area contributed by atoms with Gasteiger partial charge in [0.2, 0.25) is 0 Å². The summed E-state index contributed by atoms with van der Waals surface area (Å²) in [6, 6.07) is 11.2. The number of hydrogen-bond donors (Lipinski definition) is 0. The Balaban J connectivity index is 1.92. The van der Waals surface area contributed by atoms with Crippen LogP contribution in [-0.4, -0.2) is 30.2 Å². The van der Waals surface area contributed by atoms with Gasteiger partial charge in [0.05, 0.1) is 35.6 Å². The Hall–Kier alpha value is -3.69. The van der Waals surface area contributed by atoms with Crippen LogP contribution in [0.15, 0.2) is 63.5 Å². The van der Waals surface area contributed by atoms with E-state index in [0.717, 1.165) is 5.56 Å². The van der Waals surface area contributed by atoms with Crippen LogP contribution in [0.4, 0.5) is 0 Å². The first kappa shape index (κ1) is 27.3. The number of carbonyl (C=O) groups is 2. The molecule has 0 saturated heterocycles. The van der Waals surface area contributed by atoms with Crippen LogP contribution in [0, 0.1) is 5.92 Å². The van der Waals surface area contributed by atoms with Gasteiger partial charge in [0.25, 0.3) is 5.56 Å². The number of hydrogen-bond acceptors (Lipinski definition) is 8. The van der Waals surface area contributed by atoms with Gasteiger partial charge in [-0.3, -0.25) is 14.2 Å². The van der Waals surface area contributed by atoms with E-state index < -0.39 is 18.0 Å². The second-order valence-electron chi connectivity index (χ2n) is 9.13. The Labute approximate surface area is 228 Å². The zero-order chi connectivity index (χ0) is 27.6. The summed E-state index contributed by atoms with van der Waals surface area (Å²) >= 11 is 7.23. The minimum Gasteiger partial charge on any atom is -0.493 e. The Morgan fingerprint density at radius 3 is 2.50 bits per heavy atom. The van der Waals surface area contributed by atoms with Crippen LogP contribution in [0.2, 0.25) is 5.02 Å². The molecule has 1 aromatic heterocycles. The van der Waals surface area contributed by atoms with Crippen LogP contribution in [0.25, 0.3) is 6.08 Å². The Kier molecular flexibility index (Phi) is 8.18. The number of fused-ring (bicyclic) bond motifs is 1. The fourth-order valence-corrected chi connectivity index (χ4v) is 5.19. The topological polar surface area (TPSA) is 96.2 Å². The van der Waals surface area contributed by atoms with Gasteiger partial charge in [-0.15, -0.1) is 0 Å². The molecule has 198 valence electrons. The monoisotopic (exact) mass is 554 g/mol. The van der Waals surface area contributed by atoms with Crippen molar-refractivity contribution in [3.8, 4) is 11.5 Å². The van der Waals surface area contributed by atoms with E-state index in [4.69, 9.17) is 25.8 Å². The van der Waals surface area contributed by atoms with Crippen LogP contribution in [0.3, 0.4) is 0 Å². The van der Waals surface area contributed by atoms with Gasteiger partial charge in [-0.25, -0.2) is 9.79 Å². The fraction of sp³-hybridized carbons (Fsp3) is 0.286. The zero-order valence-corrected chi connectivity index (χ0v) is 23.2. The Bertz CT molecular complexity index is 1600. The lowest BCUT2D eigenvalue weighted by Crippen LogP contribution is -2.40. The number of thiazole rings is 1. The van der Waals surface area contributed by atoms with E-state index in [1.807, 2.05) is 26.0 Å². The van der Waals surface area contributed by atoms with Gasteiger partial charge in [-0.1, -0.05) is 55.0 Å². The molecule has 0 radical (unpaired) electrons. The summed E-state index contributed by atoms with van der Waals surface area (Å²) < 4.78 is 18.2. The maximum atomic E-state index is 13.8. The van der Waals surface area contributed by atoms with Crippen molar-refractivity contribution in [2.24, 2.45) is 10.9 Å². The number of nitrogens with zero attached hydrogens (tertiary/aromatic N) is 2. The highest BCUT2D eigenvalue weighted by Crippen LogP contribution is 2.36. The van der Waals surface area contributed by atoms with Crippen molar-refractivity contribution in [3.63, 3.8) is 0 Å². The second kappa shape index (κ2) is 11.4. The van der Waals surface area contributed by atoms with Crippen LogP contribution in [-0.2, 0) is 14.3 Å². The zero-order valence-electron chi connectivity index (χ0n) is 21.6. The van der Waals surface area contributed by atoms with Crippen molar-refractivity contribution < 1.29 is 23.8 Å². The molecule has 38 heavy (non-hydrogen) atoms. The molecule has 1 atom stereocenters. The summed E-state index contributed by atoms with van der Waals surface area (Å²) in [5.74, 6) is -0.420. The Morgan fingerprint density at radius 1 is 1.16 bits per heavy atom. The average molecular weight is 555 g/mol. The Morgan fingerprint density at radius 2 is 1.87 bits per heavy atom. The van der Waals surface area contributed by atoms with Crippen molar-refractivity contribution >= 4 is 41.0 Å². The number of esters is 2. The van der Waals surface area contributed by atoms with Gasteiger partial charge in [-0.05, 0) is 54.3 Å². The normalized spacial score (nSPS) is 15.2. The van der Waals surface area contributed by atoms with Crippen LogP contribution in [0.1, 0.15) is 44.9 Å². The molecular weight excluding hydrogens is 528 g/mol. The molecular formula is C28H27ClN2O6S. The van der Waals surface area contributed by atoms with E-state index in [1.165, 1.54) is 29.9 Å². The first-order chi connectivity index (χ1) is 18.1. The molecule has 8 nitrogen and oxygen atoms in total. The summed E-state index contributed by atoms with van der Waals surface area (Å²) in [7, 11) is 1.45. The van der Waals surface area contributed by atoms with Crippen molar-refractivity contribution in [1.82, 2.24) is 4.57 Å². The smallest absolute Gasteiger partial charge is 0.338 e. The molecule has 0 aliphatic carbocycles. The summed E-state index contributed by atoms with van der Waals surface area (Å²) in [5.41, 5.74) is 1.77. The minimum atomic E-state index is -0.835. The largest absolute Gasteiger partial charge is 0.493 e. The third kappa shape index (κ3) is 5.74. The number of aromatic nitrogens is 1. The number of rotatable bonds is 7. The van der Waals surface area contributed by atoms with E-state index in [9.17, 15) is 14.4 Å². The minimum absolute atomic E-state index is 0.127. The SMILES string of the molecule is COc1cc(C2C(C(=O)OCC(C)C)=C(C)N=c3s/c(=C/c4ccc(Cl)cc4)c(=O)n32)ccc1OC(C)=O. The van der Waals surface area contributed by atoms with Crippen molar-refractivity contribution in [2.75, 3.05) is 13.7 Å². The van der Waals surface area contributed by atoms with Gasteiger partial charge in [0, 0.05) is 11.9 Å². The molecule has 0 saturated carbocycles. The van der Waals surface area contributed by atoms with E-state index in [1.54, 1.807) is 43.3 Å². The van der Waals surface area contributed by atoms with Crippen LogP contribution >= 0.6 is 22.9 Å².